The summed E-state index contributed by atoms with van der Waals surface area (Å²) in [4.78, 5) is 90.1. The van der Waals surface area contributed by atoms with Crippen molar-refractivity contribution >= 4 is 41.4 Å². The molecule has 3 rings (SSSR count). The first kappa shape index (κ1) is 91.7. The van der Waals surface area contributed by atoms with E-state index in [0.29, 0.717) is 64.2 Å². The van der Waals surface area contributed by atoms with Crippen LogP contribution in [0.15, 0.2) is 0 Å². The van der Waals surface area contributed by atoms with Gasteiger partial charge >= 0.3 is 0 Å². The van der Waals surface area contributed by atoms with Gasteiger partial charge in [-0.1, -0.05) is 58.3 Å². The number of carbonyl (C=O) groups is 7. The largest absolute Gasteiger partial charge is 0.394 e. The summed E-state index contributed by atoms with van der Waals surface area (Å²) in [6.45, 7) is 1.31. The summed E-state index contributed by atoms with van der Waals surface area (Å²) >= 11 is 0. The van der Waals surface area contributed by atoms with Gasteiger partial charge < -0.3 is 141 Å². The van der Waals surface area contributed by atoms with Crippen LogP contribution in [0.25, 0.3) is 0 Å². The molecule has 7 amide bonds. The zero-order chi connectivity index (χ0) is 74.9. The fraction of sp³-hybridized carbons (Fsp3) is 0.896. The zero-order valence-electron chi connectivity index (χ0n) is 59.5. The molecule has 102 heavy (non-hydrogen) atoms. The second-order valence-corrected chi connectivity index (χ2v) is 26.1. The molecule has 0 bridgehead atoms. The molecule has 3 saturated heterocycles. The van der Waals surface area contributed by atoms with Crippen molar-refractivity contribution in [2.75, 3.05) is 119 Å². The Morgan fingerprint density at radius 3 is 0.843 bits per heavy atom. The van der Waals surface area contributed by atoms with Gasteiger partial charge in [-0.2, -0.15) is 0 Å². The van der Waals surface area contributed by atoms with Crippen molar-refractivity contribution in [1.82, 2.24) is 37.2 Å². The standard InChI is InChI=1S/C67H123N7O28/c1-2-3-4-5-6-7-8-9-10-23-54(84)74-67(42-94-36-24-51(81)71-30-17-27-68-48(78)20-11-14-33-97-64-61(91)58(88)55(85)45(39-75)100-64,43-95-37-25-52(82)72-31-18-28-69-49(79)21-12-15-34-98-65-62(92)59(89)56(86)46(40-76)101-65)44-96-38-26-53(83)73-32-19-29-70-50(80)22-13-16-35-99-66-63(93)60(90)57(87)47(41-77)102-66/h45-47,55-66,75-77,85-93H,2-44H2,1H3,(H,68,78)(H,69,79)(H,70,80)(H,71,81)(H,72,82)(H,73,83)(H,74,84)/t45?,46?,47?,55-,56-,57-,58?,59?,60?,61?,62?,63?,64+,65+,66+,67?/m1/s1. The lowest BCUT2D eigenvalue weighted by Gasteiger charge is -2.39. The van der Waals surface area contributed by atoms with Gasteiger partial charge in [0.05, 0.1) is 59.5 Å². The Labute approximate surface area is 597 Å². The quantitative estimate of drug-likeness (QED) is 0.0257. The third-order valence-corrected chi connectivity index (χ3v) is 17.2. The number of aliphatic hydroxyl groups is 12. The topological polar surface area (TPSA) is 530 Å². The van der Waals surface area contributed by atoms with E-state index >= 15 is 0 Å². The van der Waals surface area contributed by atoms with Crippen molar-refractivity contribution < 1.29 is 137 Å². The van der Waals surface area contributed by atoms with Gasteiger partial charge in [-0.05, 0) is 64.2 Å². The van der Waals surface area contributed by atoms with Crippen LogP contribution in [0.5, 0.6) is 0 Å². The SMILES string of the molecule is CCCCCCCCCCCC(=O)NC(COCCC(=O)NCCCNC(=O)CCCCO[C@H]1OC(CO)[C@@H](O)C(O)C1O)(COCCC(=O)NCCCNC(=O)CCCCO[C@H]1OC(CO)[C@@H](O)C(O)C1O)COCCC(=O)NCCCNC(=O)CCCCO[C@H]1OC(CO)[C@@H](O)C(O)C1O. The molecule has 0 saturated carbocycles. The highest BCUT2D eigenvalue weighted by Crippen LogP contribution is 2.25. The number of rotatable bonds is 59. The summed E-state index contributed by atoms with van der Waals surface area (Å²) < 4.78 is 50.6. The summed E-state index contributed by atoms with van der Waals surface area (Å²) in [5.41, 5.74) is -1.36. The van der Waals surface area contributed by atoms with Crippen LogP contribution in [0.4, 0.5) is 0 Å². The molecular formula is C67H123N7O28. The maximum absolute atomic E-state index is 13.8. The molecule has 594 valence electrons. The first-order chi connectivity index (χ1) is 49.1. The van der Waals surface area contributed by atoms with Gasteiger partial charge in [-0.3, -0.25) is 33.6 Å². The van der Waals surface area contributed by atoms with Crippen molar-refractivity contribution in [1.29, 1.82) is 0 Å². The molecule has 19 N–H and O–H groups in total. The highest BCUT2D eigenvalue weighted by molar-refractivity contribution is 5.78. The summed E-state index contributed by atoms with van der Waals surface area (Å²) in [5.74, 6) is -2.04. The highest BCUT2D eigenvalue weighted by atomic mass is 16.7. The number of hydrogen-bond acceptors (Lipinski definition) is 28. The van der Waals surface area contributed by atoms with Gasteiger partial charge in [0.2, 0.25) is 41.4 Å². The van der Waals surface area contributed by atoms with Gasteiger partial charge in [0.15, 0.2) is 18.9 Å². The monoisotopic (exact) mass is 1470 g/mol. The summed E-state index contributed by atoms with van der Waals surface area (Å²) in [6, 6.07) is 0. The van der Waals surface area contributed by atoms with E-state index in [4.69, 9.17) is 42.6 Å². The molecule has 3 aliphatic heterocycles. The molecule has 0 aromatic carbocycles. The average molecular weight is 1470 g/mol. The van der Waals surface area contributed by atoms with Crippen LogP contribution >= 0.6 is 0 Å². The lowest BCUT2D eigenvalue weighted by atomic mass is 9.99. The number of hydrogen-bond donors (Lipinski definition) is 19. The Morgan fingerprint density at radius 1 is 0.304 bits per heavy atom. The Bertz CT molecular complexity index is 2080. The summed E-state index contributed by atoms with van der Waals surface area (Å²) in [6.07, 6.45) is -7.38. The van der Waals surface area contributed by atoms with Crippen molar-refractivity contribution in [2.24, 2.45) is 0 Å². The molecule has 3 fully saturated rings. The van der Waals surface area contributed by atoms with Crippen LogP contribution in [-0.4, -0.2) is 319 Å². The van der Waals surface area contributed by atoms with Crippen LogP contribution in [-0.2, 0) is 76.2 Å². The van der Waals surface area contributed by atoms with Gasteiger partial charge in [-0.15, -0.1) is 0 Å². The molecule has 35 heteroatoms. The molecule has 15 atom stereocenters. The van der Waals surface area contributed by atoms with Gasteiger partial charge in [-0.25, -0.2) is 0 Å². The molecule has 0 spiro atoms. The fourth-order valence-electron chi connectivity index (χ4n) is 11.0. The van der Waals surface area contributed by atoms with Crippen molar-refractivity contribution in [3.63, 3.8) is 0 Å². The Balaban J connectivity index is 1.50. The predicted octanol–water partition coefficient (Wildman–Crippen LogP) is -4.19. The van der Waals surface area contributed by atoms with E-state index in [1.807, 2.05) is 0 Å². The average Bonchev–Trinajstić information content (AvgIpc) is 0.840. The minimum atomic E-state index is -1.56. The number of aliphatic hydroxyl groups excluding tert-OH is 12. The molecule has 9 unspecified atom stereocenters. The number of ether oxygens (including phenoxy) is 9. The first-order valence-electron chi connectivity index (χ1n) is 36.5. The lowest BCUT2D eigenvalue weighted by molar-refractivity contribution is -0.301. The van der Waals surface area contributed by atoms with Crippen LogP contribution in [0.3, 0.4) is 0 Å². The van der Waals surface area contributed by atoms with Crippen molar-refractivity contribution in [3.05, 3.63) is 0 Å². The molecule has 35 nitrogen and oxygen atoms in total. The minimum Gasteiger partial charge on any atom is -0.394 e. The predicted molar refractivity (Wildman–Crippen MR) is 362 cm³/mol. The molecule has 3 aliphatic rings. The molecule has 0 radical (unpaired) electrons. The van der Waals surface area contributed by atoms with Gasteiger partial charge in [0.25, 0.3) is 0 Å². The number of unbranched alkanes of at least 4 members (excludes halogenated alkanes) is 11. The van der Waals surface area contributed by atoms with E-state index in [9.17, 15) is 94.8 Å². The van der Waals surface area contributed by atoms with Crippen LogP contribution in [0.2, 0.25) is 0 Å². The summed E-state index contributed by atoms with van der Waals surface area (Å²) in [5, 5.41) is 138. The van der Waals surface area contributed by atoms with Crippen molar-refractivity contribution in [2.45, 2.75) is 265 Å². The van der Waals surface area contributed by atoms with E-state index in [2.05, 4.69) is 44.1 Å². The second kappa shape index (κ2) is 55.0. The van der Waals surface area contributed by atoms with Crippen molar-refractivity contribution in [3.8, 4) is 0 Å². The molecule has 0 aromatic rings. The lowest BCUT2D eigenvalue weighted by Crippen LogP contribution is -2.59. The molecule has 0 aromatic heterocycles. The Hall–Kier alpha value is -4.55. The van der Waals surface area contributed by atoms with Gasteiger partial charge in [0.1, 0.15) is 78.8 Å². The Morgan fingerprint density at radius 2 is 0.559 bits per heavy atom. The second-order valence-electron chi connectivity index (χ2n) is 26.1. The molecule has 0 aliphatic carbocycles. The van der Waals surface area contributed by atoms with Gasteiger partial charge in [0, 0.05) is 104 Å². The van der Waals surface area contributed by atoms with Crippen LogP contribution in [0.1, 0.15) is 167 Å². The third-order valence-electron chi connectivity index (χ3n) is 17.2. The van der Waals surface area contributed by atoms with E-state index in [-0.39, 0.29) is 185 Å². The maximum atomic E-state index is 13.8. The van der Waals surface area contributed by atoms with E-state index in [1.54, 1.807) is 0 Å². The minimum absolute atomic E-state index is 0.0748. The van der Waals surface area contributed by atoms with E-state index < -0.39 is 117 Å². The molecular weight excluding hydrogens is 1350 g/mol. The Kier molecular flexibility index (Phi) is 49.4. The smallest absolute Gasteiger partial charge is 0.222 e. The number of nitrogens with one attached hydrogen (secondary N) is 7. The van der Waals surface area contributed by atoms with Crippen LogP contribution < -0.4 is 37.2 Å². The molecule has 3 heterocycles. The van der Waals surface area contributed by atoms with E-state index in [0.717, 1.165) is 38.5 Å². The first-order valence-corrected chi connectivity index (χ1v) is 36.5. The highest BCUT2D eigenvalue weighted by Gasteiger charge is 2.46. The van der Waals surface area contributed by atoms with Crippen LogP contribution in [0, 0.1) is 0 Å². The number of carbonyl (C=O) groups excluding carboxylic acids is 7. The summed E-state index contributed by atoms with van der Waals surface area (Å²) in [7, 11) is 0. The van der Waals surface area contributed by atoms with E-state index in [1.165, 1.54) is 12.8 Å². The normalized spacial score (nSPS) is 25.6. The maximum Gasteiger partial charge on any atom is 0.222 e. The zero-order valence-corrected chi connectivity index (χ0v) is 59.5. The number of amides is 7. The third kappa shape index (κ3) is 38.1. The fourth-order valence-corrected chi connectivity index (χ4v) is 11.0.